The van der Waals surface area contributed by atoms with Gasteiger partial charge in [-0.15, -0.1) is 37.1 Å². The van der Waals surface area contributed by atoms with Crippen LogP contribution >= 0.6 is 24.0 Å². The van der Waals surface area contributed by atoms with Crippen LogP contribution in [-0.2, 0) is 6.54 Å². The minimum absolute atomic E-state index is 0. The van der Waals surface area contributed by atoms with Crippen molar-refractivity contribution in [3.8, 4) is 17.2 Å². The summed E-state index contributed by atoms with van der Waals surface area (Å²) in [5, 5.41) is 2.61. The molecule has 0 unspecified atom stereocenters. The molecule has 2 aromatic rings. The van der Waals surface area contributed by atoms with Gasteiger partial charge in [0.15, 0.2) is 23.2 Å². The highest BCUT2D eigenvalue weighted by Crippen LogP contribution is 2.30. The van der Waals surface area contributed by atoms with Crippen molar-refractivity contribution in [2.75, 3.05) is 19.0 Å². The van der Waals surface area contributed by atoms with E-state index in [-0.39, 0.29) is 42.2 Å². The largest absolute Gasteiger partial charge is 0.573 e. The lowest BCUT2D eigenvalue weighted by molar-refractivity contribution is -0.274. The van der Waals surface area contributed by atoms with Crippen LogP contribution in [0.25, 0.3) is 0 Å². The van der Waals surface area contributed by atoms with E-state index in [1.807, 2.05) is 6.92 Å². The Kier molecular flexibility index (Phi) is 9.16. The maximum absolute atomic E-state index is 12.5. The molecule has 0 radical (unpaired) electrons. The van der Waals surface area contributed by atoms with Crippen molar-refractivity contribution in [2.24, 2.45) is 10.7 Å². The molecular formula is C18H21F3IN3O3. The van der Waals surface area contributed by atoms with Gasteiger partial charge < -0.3 is 25.3 Å². The second-order valence-electron chi connectivity index (χ2n) is 5.29. The van der Waals surface area contributed by atoms with Crippen molar-refractivity contribution in [1.29, 1.82) is 0 Å². The van der Waals surface area contributed by atoms with Gasteiger partial charge in [-0.2, -0.15) is 0 Å². The molecule has 2 rings (SSSR count). The van der Waals surface area contributed by atoms with Crippen molar-refractivity contribution in [2.45, 2.75) is 19.8 Å². The smallest absolute Gasteiger partial charge is 0.493 e. The number of nitrogens with zero attached hydrogens (tertiary/aromatic N) is 1. The van der Waals surface area contributed by atoms with Gasteiger partial charge in [0.25, 0.3) is 0 Å². The number of benzene rings is 2. The van der Waals surface area contributed by atoms with Gasteiger partial charge >= 0.3 is 6.36 Å². The third-order valence-electron chi connectivity index (χ3n) is 3.34. The Balaban J connectivity index is 0.00000392. The van der Waals surface area contributed by atoms with Crippen molar-refractivity contribution in [3.05, 3.63) is 48.0 Å². The molecule has 0 atom stereocenters. The molecule has 0 aliphatic heterocycles. The third-order valence-corrected chi connectivity index (χ3v) is 3.34. The van der Waals surface area contributed by atoms with Crippen LogP contribution in [-0.4, -0.2) is 26.0 Å². The Hall–Kier alpha value is -2.37. The summed E-state index contributed by atoms with van der Waals surface area (Å²) in [4.78, 5) is 4.13. The van der Waals surface area contributed by atoms with Crippen LogP contribution < -0.4 is 25.3 Å². The van der Waals surface area contributed by atoms with E-state index in [0.29, 0.717) is 18.1 Å². The number of aliphatic imine (C=N–C) groups is 1. The number of nitrogens with one attached hydrogen (secondary N) is 1. The summed E-state index contributed by atoms with van der Waals surface area (Å²) in [5.74, 6) is 0.713. The van der Waals surface area contributed by atoms with E-state index < -0.39 is 12.1 Å². The fourth-order valence-corrected chi connectivity index (χ4v) is 2.23. The highest BCUT2D eigenvalue weighted by molar-refractivity contribution is 14.0. The number of halogens is 4. The number of hydrogen-bond donors (Lipinski definition) is 2. The molecule has 2 aromatic carbocycles. The number of anilines is 1. The number of methoxy groups -OCH3 is 1. The zero-order chi connectivity index (χ0) is 19.9. The Morgan fingerprint density at radius 1 is 1.11 bits per heavy atom. The summed E-state index contributed by atoms with van der Waals surface area (Å²) in [5.41, 5.74) is 6.64. The second kappa shape index (κ2) is 10.8. The quantitative estimate of drug-likeness (QED) is 0.325. The number of alkyl halides is 3. The monoisotopic (exact) mass is 511 g/mol. The first kappa shape index (κ1) is 23.7. The first-order chi connectivity index (χ1) is 12.8. The van der Waals surface area contributed by atoms with Crippen LogP contribution in [0.4, 0.5) is 18.9 Å². The molecule has 0 fully saturated rings. The molecule has 154 valence electrons. The molecule has 0 aliphatic rings. The average Bonchev–Trinajstić information content (AvgIpc) is 2.61. The van der Waals surface area contributed by atoms with Crippen molar-refractivity contribution in [3.63, 3.8) is 0 Å². The fourth-order valence-electron chi connectivity index (χ4n) is 2.23. The first-order valence-corrected chi connectivity index (χ1v) is 8.03. The molecule has 28 heavy (non-hydrogen) atoms. The van der Waals surface area contributed by atoms with E-state index in [1.54, 1.807) is 24.3 Å². The Morgan fingerprint density at radius 3 is 2.46 bits per heavy atom. The number of para-hydroxylation sites is 2. The predicted molar refractivity (Wildman–Crippen MR) is 112 cm³/mol. The molecular weight excluding hydrogens is 490 g/mol. The summed E-state index contributed by atoms with van der Waals surface area (Å²) in [6.45, 7) is 2.53. The fraction of sp³-hybridized carbons (Fsp3) is 0.278. The summed E-state index contributed by atoms with van der Waals surface area (Å²) in [6.07, 6.45) is -4.80. The summed E-state index contributed by atoms with van der Waals surface area (Å²) >= 11 is 0. The van der Waals surface area contributed by atoms with Crippen molar-refractivity contribution >= 4 is 35.6 Å². The van der Waals surface area contributed by atoms with Gasteiger partial charge in [0, 0.05) is 0 Å². The van der Waals surface area contributed by atoms with Gasteiger partial charge in [-0.25, -0.2) is 4.99 Å². The number of guanidine groups is 1. The topological polar surface area (TPSA) is 78.1 Å². The molecule has 0 amide bonds. The normalized spacial score (nSPS) is 11.4. The summed E-state index contributed by atoms with van der Waals surface area (Å²) in [7, 11) is 1.54. The van der Waals surface area contributed by atoms with Crippen LogP contribution in [0.2, 0.25) is 0 Å². The number of rotatable bonds is 7. The minimum Gasteiger partial charge on any atom is -0.493 e. The predicted octanol–water partition coefficient (Wildman–Crippen LogP) is 4.54. The molecule has 0 aliphatic carbocycles. The van der Waals surface area contributed by atoms with E-state index in [2.05, 4.69) is 15.0 Å². The molecule has 0 aromatic heterocycles. The molecule has 0 bridgehead atoms. The Bertz CT molecular complexity index is 801. The van der Waals surface area contributed by atoms with Crippen LogP contribution in [0.5, 0.6) is 17.2 Å². The van der Waals surface area contributed by atoms with E-state index in [9.17, 15) is 13.2 Å². The van der Waals surface area contributed by atoms with Gasteiger partial charge in [0.1, 0.15) is 0 Å². The lowest BCUT2D eigenvalue weighted by Gasteiger charge is -2.14. The molecule has 0 saturated carbocycles. The van der Waals surface area contributed by atoms with Gasteiger partial charge in [-0.1, -0.05) is 18.2 Å². The van der Waals surface area contributed by atoms with Crippen molar-refractivity contribution in [1.82, 2.24) is 0 Å². The standard InChI is InChI=1S/C18H20F3N3O3.HI/c1-3-26-16-10-12(8-9-15(16)25-2)11-23-17(22)24-13-6-4-5-7-14(13)27-18(19,20)21;/h4-10H,3,11H2,1-2H3,(H3,22,23,24);1H. The van der Waals surface area contributed by atoms with Gasteiger partial charge in [0.05, 0.1) is 25.9 Å². The van der Waals surface area contributed by atoms with Crippen LogP contribution in [0.3, 0.4) is 0 Å². The third kappa shape index (κ3) is 7.33. The SMILES string of the molecule is CCOc1cc(CN=C(N)Nc2ccccc2OC(F)(F)F)ccc1OC.I. The van der Waals surface area contributed by atoms with Gasteiger partial charge in [-0.05, 0) is 36.8 Å². The molecule has 3 N–H and O–H groups in total. The average molecular weight is 511 g/mol. The van der Waals surface area contributed by atoms with E-state index >= 15 is 0 Å². The molecule has 0 spiro atoms. The zero-order valence-corrected chi connectivity index (χ0v) is 17.6. The lowest BCUT2D eigenvalue weighted by Crippen LogP contribution is -2.24. The minimum atomic E-state index is -4.80. The van der Waals surface area contributed by atoms with Gasteiger partial charge in [0.2, 0.25) is 0 Å². The highest BCUT2D eigenvalue weighted by Gasteiger charge is 2.32. The van der Waals surface area contributed by atoms with Crippen LogP contribution in [0, 0.1) is 0 Å². The number of hydrogen-bond acceptors (Lipinski definition) is 4. The summed E-state index contributed by atoms with van der Waals surface area (Å²) < 4.78 is 52.0. The van der Waals surface area contributed by atoms with E-state index in [1.165, 1.54) is 25.3 Å². The maximum atomic E-state index is 12.5. The maximum Gasteiger partial charge on any atom is 0.573 e. The highest BCUT2D eigenvalue weighted by atomic mass is 127. The van der Waals surface area contributed by atoms with E-state index in [4.69, 9.17) is 15.2 Å². The van der Waals surface area contributed by atoms with Crippen LogP contribution in [0.1, 0.15) is 12.5 Å². The zero-order valence-electron chi connectivity index (χ0n) is 15.2. The van der Waals surface area contributed by atoms with E-state index in [0.717, 1.165) is 5.56 Å². The number of ether oxygens (including phenoxy) is 3. The second-order valence-corrected chi connectivity index (χ2v) is 5.29. The Labute approximate surface area is 177 Å². The van der Waals surface area contributed by atoms with Crippen LogP contribution in [0.15, 0.2) is 47.5 Å². The Morgan fingerprint density at radius 2 is 1.82 bits per heavy atom. The molecule has 10 heteroatoms. The van der Waals surface area contributed by atoms with Crippen molar-refractivity contribution < 1.29 is 27.4 Å². The van der Waals surface area contributed by atoms with Gasteiger partial charge in [-0.3, -0.25) is 0 Å². The molecule has 6 nitrogen and oxygen atoms in total. The lowest BCUT2D eigenvalue weighted by atomic mass is 10.2. The first-order valence-electron chi connectivity index (χ1n) is 8.03. The molecule has 0 saturated heterocycles. The molecule has 0 heterocycles. The number of nitrogens with two attached hydrogens (primary N) is 1. The summed E-state index contributed by atoms with van der Waals surface area (Å²) in [6, 6.07) is 10.9.